The van der Waals surface area contributed by atoms with Gasteiger partial charge in [0.15, 0.2) is 0 Å². The lowest BCUT2D eigenvalue weighted by molar-refractivity contribution is 0.0351. The quantitative estimate of drug-likeness (QED) is 0.308. The molecule has 0 saturated carbocycles. The van der Waals surface area contributed by atoms with Crippen LogP contribution in [0, 0.1) is 13.8 Å². The largest absolute Gasteiger partial charge is 0.379 e. The van der Waals surface area contributed by atoms with E-state index in [4.69, 9.17) is 4.74 Å². The van der Waals surface area contributed by atoms with E-state index in [-0.39, 0.29) is 11.9 Å². The number of hydrogen-bond acceptors (Lipinski definition) is 4. The summed E-state index contributed by atoms with van der Waals surface area (Å²) in [6.07, 6.45) is 0.822. The van der Waals surface area contributed by atoms with Crippen LogP contribution in [0.3, 0.4) is 0 Å². The number of anilines is 1. The molecule has 0 aliphatic carbocycles. The Morgan fingerprint density at radius 1 is 0.974 bits per heavy atom. The molecule has 1 aliphatic heterocycles. The number of amides is 2. The van der Waals surface area contributed by atoms with Crippen LogP contribution < -0.4 is 5.32 Å². The Kier molecular flexibility index (Phi) is 8.36. The molecule has 2 N–H and O–H groups in total. The molecule has 198 valence electrons. The van der Waals surface area contributed by atoms with Gasteiger partial charge in [-0.1, -0.05) is 60.7 Å². The van der Waals surface area contributed by atoms with E-state index in [1.165, 1.54) is 22.3 Å². The molecule has 1 aromatic heterocycles. The van der Waals surface area contributed by atoms with Crippen LogP contribution in [0.5, 0.6) is 0 Å². The van der Waals surface area contributed by atoms with E-state index in [1.807, 2.05) is 17.0 Å². The minimum Gasteiger partial charge on any atom is -0.379 e. The number of carbonyl (C=O) groups is 1. The number of morpholine rings is 1. The highest BCUT2D eigenvalue weighted by Gasteiger charge is 2.21. The Labute approximate surface area is 224 Å². The maximum Gasteiger partial charge on any atom is 0.324 e. The molecule has 7 heteroatoms. The zero-order chi connectivity index (χ0) is 26.3. The summed E-state index contributed by atoms with van der Waals surface area (Å²) < 4.78 is 5.51. The van der Waals surface area contributed by atoms with Crippen molar-refractivity contribution in [2.45, 2.75) is 26.2 Å². The minimum atomic E-state index is -0.134. The van der Waals surface area contributed by atoms with E-state index in [0.29, 0.717) is 19.0 Å². The second kappa shape index (κ2) is 12.2. The van der Waals surface area contributed by atoms with Gasteiger partial charge in [0, 0.05) is 38.6 Å². The lowest BCUT2D eigenvalue weighted by Crippen LogP contribution is -2.44. The molecule has 5 rings (SSSR count). The number of rotatable bonds is 9. The van der Waals surface area contributed by atoms with Crippen molar-refractivity contribution >= 4 is 23.0 Å². The van der Waals surface area contributed by atoms with E-state index in [1.54, 1.807) is 0 Å². The van der Waals surface area contributed by atoms with Crippen molar-refractivity contribution in [3.63, 3.8) is 0 Å². The summed E-state index contributed by atoms with van der Waals surface area (Å²) in [6.45, 7) is 9.52. The molecule has 0 unspecified atom stereocenters. The predicted molar refractivity (Wildman–Crippen MR) is 153 cm³/mol. The minimum absolute atomic E-state index is 0.134. The van der Waals surface area contributed by atoms with Crippen molar-refractivity contribution in [3.05, 3.63) is 95.1 Å². The highest BCUT2D eigenvalue weighted by Crippen LogP contribution is 2.28. The Morgan fingerprint density at radius 2 is 1.61 bits per heavy atom. The molecule has 0 spiro atoms. The number of H-pyrrole nitrogens is 1. The Morgan fingerprint density at radius 3 is 2.26 bits per heavy atom. The topological polar surface area (TPSA) is 73.5 Å². The van der Waals surface area contributed by atoms with Crippen molar-refractivity contribution in [1.29, 1.82) is 0 Å². The monoisotopic (exact) mass is 511 g/mol. The number of aromatic nitrogens is 2. The van der Waals surface area contributed by atoms with E-state index < -0.39 is 0 Å². The summed E-state index contributed by atoms with van der Waals surface area (Å²) in [7, 11) is 0. The zero-order valence-electron chi connectivity index (χ0n) is 22.3. The van der Waals surface area contributed by atoms with Crippen LogP contribution >= 0.6 is 0 Å². The van der Waals surface area contributed by atoms with E-state index >= 15 is 0 Å². The molecule has 0 radical (unpaired) electrons. The second-order valence-corrected chi connectivity index (χ2v) is 10.1. The van der Waals surface area contributed by atoms with Crippen LogP contribution in [-0.4, -0.2) is 71.7 Å². The average molecular weight is 512 g/mol. The molecule has 0 atom stereocenters. The lowest BCUT2D eigenvalue weighted by atomic mass is 9.88. The number of nitrogens with one attached hydrogen (secondary N) is 2. The number of imidazole rings is 1. The highest BCUT2D eigenvalue weighted by molar-refractivity contribution is 5.90. The zero-order valence-corrected chi connectivity index (χ0v) is 22.3. The van der Waals surface area contributed by atoms with Crippen LogP contribution in [-0.2, 0) is 4.74 Å². The fourth-order valence-electron chi connectivity index (χ4n) is 5.09. The van der Waals surface area contributed by atoms with Gasteiger partial charge in [0.2, 0.25) is 5.95 Å². The van der Waals surface area contributed by atoms with E-state index in [2.05, 4.69) is 94.7 Å². The molecule has 7 nitrogen and oxygen atoms in total. The van der Waals surface area contributed by atoms with Crippen molar-refractivity contribution in [3.8, 4) is 0 Å². The van der Waals surface area contributed by atoms with Gasteiger partial charge in [-0.2, -0.15) is 0 Å². The number of hydrogen-bond donors (Lipinski definition) is 2. The van der Waals surface area contributed by atoms with Gasteiger partial charge in [-0.25, -0.2) is 9.78 Å². The first-order valence-electron chi connectivity index (χ1n) is 13.5. The smallest absolute Gasteiger partial charge is 0.324 e. The molecule has 0 bridgehead atoms. The third-order valence-corrected chi connectivity index (χ3v) is 7.49. The van der Waals surface area contributed by atoms with Crippen LogP contribution in [0.2, 0.25) is 0 Å². The lowest BCUT2D eigenvalue weighted by Gasteiger charge is -2.31. The standard InChI is InChI=1S/C31H37N5O2/c1-23-21-28-29(22-24(23)2)33-30(32-28)34-31(37)36(16-15-35-17-19-38-20-18-35)14-13-27(25-9-5-3-6-10-25)26-11-7-4-8-12-26/h3-12,21-22,27H,13-20H2,1-2H3,(H2,32,33,34,37). The third kappa shape index (κ3) is 6.41. The number of aromatic amines is 1. The van der Waals surface area contributed by atoms with Crippen molar-refractivity contribution < 1.29 is 9.53 Å². The first-order valence-corrected chi connectivity index (χ1v) is 13.5. The van der Waals surface area contributed by atoms with Crippen molar-refractivity contribution in [1.82, 2.24) is 19.8 Å². The number of fused-ring (bicyclic) bond motifs is 1. The number of urea groups is 1. The van der Waals surface area contributed by atoms with Crippen molar-refractivity contribution in [2.75, 3.05) is 51.3 Å². The van der Waals surface area contributed by atoms with Crippen molar-refractivity contribution in [2.24, 2.45) is 0 Å². The number of ether oxygens (including phenoxy) is 1. The summed E-state index contributed by atoms with van der Waals surface area (Å²) >= 11 is 0. The number of benzene rings is 3. The average Bonchev–Trinajstić information content (AvgIpc) is 3.33. The number of carbonyl (C=O) groups excluding carboxylic acids is 1. The molecular weight excluding hydrogens is 474 g/mol. The molecule has 1 fully saturated rings. The molecule has 2 heterocycles. The number of aryl methyl sites for hydroxylation is 2. The highest BCUT2D eigenvalue weighted by atomic mass is 16.5. The first-order chi connectivity index (χ1) is 18.6. The molecule has 1 saturated heterocycles. The van der Waals surface area contributed by atoms with Gasteiger partial charge < -0.3 is 14.6 Å². The summed E-state index contributed by atoms with van der Waals surface area (Å²) in [4.78, 5) is 25.8. The fraction of sp³-hybridized carbons (Fsp3) is 0.355. The van der Waals surface area contributed by atoms with Gasteiger partial charge in [0.05, 0.1) is 24.2 Å². The third-order valence-electron chi connectivity index (χ3n) is 7.49. The van der Waals surface area contributed by atoms with Crippen LogP contribution in [0.4, 0.5) is 10.7 Å². The molecule has 2 amide bonds. The van der Waals surface area contributed by atoms with Gasteiger partial charge in [0.25, 0.3) is 0 Å². The van der Waals surface area contributed by atoms with Gasteiger partial charge in [-0.15, -0.1) is 0 Å². The molecule has 4 aromatic rings. The molecule has 1 aliphatic rings. The van der Waals surface area contributed by atoms with Crippen LogP contribution in [0.25, 0.3) is 11.0 Å². The summed E-state index contributed by atoms with van der Waals surface area (Å²) in [5, 5.41) is 3.04. The van der Waals surface area contributed by atoms with Crippen LogP contribution in [0.15, 0.2) is 72.8 Å². The fourth-order valence-corrected chi connectivity index (χ4v) is 5.09. The molecule has 38 heavy (non-hydrogen) atoms. The summed E-state index contributed by atoms with van der Waals surface area (Å²) in [6, 6.07) is 25.1. The van der Waals surface area contributed by atoms with Gasteiger partial charge in [0.1, 0.15) is 0 Å². The normalized spacial score (nSPS) is 14.2. The Hall–Kier alpha value is -3.68. The predicted octanol–water partition coefficient (Wildman–Crippen LogP) is 5.57. The molecular formula is C31H37N5O2. The van der Waals surface area contributed by atoms with Gasteiger partial charge in [-0.05, 0) is 54.7 Å². The molecule has 3 aromatic carbocycles. The Balaban J connectivity index is 1.33. The van der Waals surface area contributed by atoms with E-state index in [9.17, 15) is 4.79 Å². The van der Waals surface area contributed by atoms with E-state index in [0.717, 1.165) is 50.3 Å². The number of nitrogens with zero attached hydrogens (tertiary/aromatic N) is 3. The summed E-state index contributed by atoms with van der Waals surface area (Å²) in [5.74, 6) is 0.683. The van der Waals surface area contributed by atoms with Gasteiger partial charge in [-0.3, -0.25) is 10.2 Å². The van der Waals surface area contributed by atoms with Crippen LogP contribution in [0.1, 0.15) is 34.6 Å². The SMILES string of the molecule is Cc1cc2nc(NC(=O)N(CCC(c3ccccc3)c3ccccc3)CCN3CCOCC3)[nH]c2cc1C. The first kappa shape index (κ1) is 25.9. The van der Waals surface area contributed by atoms with Gasteiger partial charge >= 0.3 is 6.03 Å². The Bertz CT molecular complexity index is 1250. The second-order valence-electron chi connectivity index (χ2n) is 10.1. The maximum atomic E-state index is 13.6. The summed E-state index contributed by atoms with van der Waals surface area (Å²) in [5.41, 5.74) is 6.68. The maximum absolute atomic E-state index is 13.6.